The normalized spacial score (nSPS) is 11.8. The summed E-state index contributed by atoms with van der Waals surface area (Å²) in [5.74, 6) is 0.688. The van der Waals surface area contributed by atoms with Crippen molar-refractivity contribution in [3.05, 3.63) is 119 Å². The fraction of sp³-hybridized carbons (Fsp3) is 0.0588. The molecule has 1 aliphatic rings. The van der Waals surface area contributed by atoms with Crippen molar-refractivity contribution in [3.8, 4) is 57.0 Å². The summed E-state index contributed by atoms with van der Waals surface area (Å²) in [6, 6.07) is 36.2. The SMILES string of the molecule is N#Cc1cccc(-c2ccc(-c3nc(-c4ccc(-c5cccc(C#N)c5)cc4)c4c(n3)=CCCC=4)cc2)c1. The minimum Gasteiger partial charge on any atom is -0.228 e. The average Bonchev–Trinajstić information content (AvgIpc) is 3.00. The van der Waals surface area contributed by atoms with Crippen molar-refractivity contribution < 1.29 is 0 Å². The molecule has 1 aromatic heterocycles. The van der Waals surface area contributed by atoms with Crippen molar-refractivity contribution in [2.24, 2.45) is 0 Å². The molecule has 0 amide bonds. The summed E-state index contributed by atoms with van der Waals surface area (Å²) >= 11 is 0. The zero-order valence-corrected chi connectivity index (χ0v) is 20.6. The predicted molar refractivity (Wildman–Crippen MR) is 151 cm³/mol. The predicted octanol–water partition coefficient (Wildman–Crippen LogP) is 6.24. The Morgan fingerprint density at radius 1 is 0.526 bits per heavy atom. The van der Waals surface area contributed by atoms with Crippen LogP contribution in [0.1, 0.15) is 24.0 Å². The molecule has 1 aliphatic carbocycles. The number of hydrogen-bond acceptors (Lipinski definition) is 4. The van der Waals surface area contributed by atoms with Gasteiger partial charge in [0.15, 0.2) is 5.82 Å². The van der Waals surface area contributed by atoms with Gasteiger partial charge in [0.1, 0.15) is 0 Å². The van der Waals surface area contributed by atoms with Crippen LogP contribution in [0.3, 0.4) is 0 Å². The van der Waals surface area contributed by atoms with E-state index in [0.29, 0.717) is 17.0 Å². The van der Waals surface area contributed by atoms with E-state index >= 15 is 0 Å². The maximum absolute atomic E-state index is 9.25. The van der Waals surface area contributed by atoms with Gasteiger partial charge in [-0.3, -0.25) is 0 Å². The molecule has 0 spiro atoms. The number of hydrogen-bond donors (Lipinski definition) is 0. The molecule has 5 aromatic rings. The molecule has 4 heteroatoms. The Morgan fingerprint density at radius 2 is 1.05 bits per heavy atom. The first-order chi connectivity index (χ1) is 18.7. The number of fused-ring (bicyclic) bond motifs is 1. The van der Waals surface area contributed by atoms with Crippen molar-refractivity contribution in [1.29, 1.82) is 10.5 Å². The van der Waals surface area contributed by atoms with Crippen LogP contribution in [-0.4, -0.2) is 9.97 Å². The zero-order chi connectivity index (χ0) is 25.9. The molecule has 0 bridgehead atoms. The average molecular weight is 487 g/mol. The second-order valence-corrected chi connectivity index (χ2v) is 9.22. The topological polar surface area (TPSA) is 73.4 Å². The molecule has 0 radical (unpaired) electrons. The van der Waals surface area contributed by atoms with Gasteiger partial charge in [-0.05, 0) is 59.4 Å². The lowest BCUT2D eigenvalue weighted by molar-refractivity contribution is 1.04. The second-order valence-electron chi connectivity index (χ2n) is 9.22. The van der Waals surface area contributed by atoms with E-state index in [0.717, 1.165) is 62.5 Å². The maximum atomic E-state index is 9.25. The molecule has 0 unspecified atom stereocenters. The van der Waals surface area contributed by atoms with Crippen LogP contribution in [0.5, 0.6) is 0 Å². The Kier molecular flexibility index (Phi) is 6.06. The molecular formula is C34H22N4. The third-order valence-corrected chi connectivity index (χ3v) is 6.78. The Balaban J connectivity index is 1.39. The molecule has 4 nitrogen and oxygen atoms in total. The van der Waals surface area contributed by atoms with Gasteiger partial charge < -0.3 is 0 Å². The first-order valence-electron chi connectivity index (χ1n) is 12.5. The molecule has 0 saturated heterocycles. The Hall–Kier alpha value is -5.32. The van der Waals surface area contributed by atoms with Crippen LogP contribution < -0.4 is 10.6 Å². The molecule has 6 rings (SSSR count). The summed E-state index contributed by atoms with van der Waals surface area (Å²) in [7, 11) is 0. The summed E-state index contributed by atoms with van der Waals surface area (Å²) in [6.45, 7) is 0. The molecule has 0 atom stereocenters. The summed E-state index contributed by atoms with van der Waals surface area (Å²) in [5.41, 5.74) is 8.30. The van der Waals surface area contributed by atoms with Crippen molar-refractivity contribution in [2.45, 2.75) is 12.8 Å². The largest absolute Gasteiger partial charge is 0.228 e. The number of rotatable bonds is 4. The lowest BCUT2D eigenvalue weighted by Crippen LogP contribution is -2.33. The molecule has 178 valence electrons. The lowest BCUT2D eigenvalue weighted by atomic mass is 9.99. The van der Waals surface area contributed by atoms with Gasteiger partial charge in [-0.25, -0.2) is 9.97 Å². The zero-order valence-electron chi connectivity index (χ0n) is 20.6. The maximum Gasteiger partial charge on any atom is 0.160 e. The van der Waals surface area contributed by atoms with E-state index in [4.69, 9.17) is 9.97 Å². The van der Waals surface area contributed by atoms with E-state index < -0.39 is 0 Å². The molecular weight excluding hydrogens is 464 g/mol. The number of nitrogens with zero attached hydrogens (tertiary/aromatic N) is 4. The highest BCUT2D eigenvalue weighted by Crippen LogP contribution is 2.26. The van der Waals surface area contributed by atoms with Gasteiger partial charge in [-0.1, -0.05) is 84.9 Å². The Morgan fingerprint density at radius 3 is 1.63 bits per heavy atom. The molecule has 0 saturated carbocycles. The molecule has 0 aliphatic heterocycles. The molecule has 0 fully saturated rings. The molecule has 0 N–H and O–H groups in total. The van der Waals surface area contributed by atoms with Gasteiger partial charge in [0.05, 0.1) is 34.3 Å². The van der Waals surface area contributed by atoms with Gasteiger partial charge in [-0.2, -0.15) is 10.5 Å². The van der Waals surface area contributed by atoms with Gasteiger partial charge in [0.25, 0.3) is 0 Å². The van der Waals surface area contributed by atoms with Gasteiger partial charge in [0.2, 0.25) is 0 Å². The van der Waals surface area contributed by atoms with Crippen LogP contribution in [0.15, 0.2) is 97.1 Å². The van der Waals surface area contributed by atoms with Crippen molar-refractivity contribution in [2.75, 3.05) is 0 Å². The van der Waals surface area contributed by atoms with E-state index in [-0.39, 0.29) is 0 Å². The number of aromatic nitrogens is 2. The Bertz CT molecular complexity index is 1870. The van der Waals surface area contributed by atoms with E-state index in [9.17, 15) is 10.5 Å². The third-order valence-electron chi connectivity index (χ3n) is 6.78. The highest BCUT2D eigenvalue weighted by Gasteiger charge is 2.12. The standard InChI is InChI=1S/C34H22N4/c35-21-23-5-3-7-29(19-23)25-11-15-27(16-12-25)33-31-9-1-2-10-32(31)37-34(38-33)28-17-13-26(14-18-28)30-8-4-6-24(20-30)22-36/h3-20H,1-2H2. The summed E-state index contributed by atoms with van der Waals surface area (Å²) in [4.78, 5) is 9.95. The molecule has 1 heterocycles. The van der Waals surface area contributed by atoms with Crippen LogP contribution in [0.25, 0.3) is 57.1 Å². The van der Waals surface area contributed by atoms with Crippen molar-refractivity contribution in [3.63, 3.8) is 0 Å². The summed E-state index contributed by atoms with van der Waals surface area (Å²) in [5, 5.41) is 20.5. The lowest BCUT2D eigenvalue weighted by Gasteiger charge is -2.11. The fourth-order valence-electron chi connectivity index (χ4n) is 4.81. The van der Waals surface area contributed by atoms with Crippen LogP contribution in [0.2, 0.25) is 0 Å². The molecule has 4 aromatic carbocycles. The smallest absolute Gasteiger partial charge is 0.160 e. The monoisotopic (exact) mass is 486 g/mol. The minimum absolute atomic E-state index is 0.643. The highest BCUT2D eigenvalue weighted by molar-refractivity contribution is 5.73. The highest BCUT2D eigenvalue weighted by atomic mass is 14.9. The second kappa shape index (κ2) is 9.97. The third kappa shape index (κ3) is 4.48. The first-order valence-corrected chi connectivity index (χ1v) is 12.5. The number of nitriles is 2. The quantitative estimate of drug-likeness (QED) is 0.301. The van der Waals surface area contributed by atoms with Crippen LogP contribution in [-0.2, 0) is 0 Å². The molecule has 38 heavy (non-hydrogen) atoms. The van der Waals surface area contributed by atoms with E-state index in [2.05, 4.69) is 48.6 Å². The minimum atomic E-state index is 0.643. The van der Waals surface area contributed by atoms with E-state index in [1.165, 1.54) is 0 Å². The summed E-state index contributed by atoms with van der Waals surface area (Å²) < 4.78 is 0. The fourth-order valence-corrected chi connectivity index (χ4v) is 4.81. The number of benzene rings is 4. The van der Waals surface area contributed by atoms with Gasteiger partial charge >= 0.3 is 0 Å². The van der Waals surface area contributed by atoms with Crippen molar-refractivity contribution in [1.82, 2.24) is 9.97 Å². The van der Waals surface area contributed by atoms with Gasteiger partial charge in [0, 0.05) is 16.3 Å². The van der Waals surface area contributed by atoms with Crippen LogP contribution in [0, 0.1) is 22.7 Å². The van der Waals surface area contributed by atoms with E-state index in [1.807, 2.05) is 72.8 Å². The van der Waals surface area contributed by atoms with E-state index in [1.54, 1.807) is 0 Å². The Labute approximate surface area is 221 Å². The van der Waals surface area contributed by atoms with Crippen molar-refractivity contribution >= 4 is 12.2 Å². The first kappa shape index (κ1) is 23.1. The summed E-state index contributed by atoms with van der Waals surface area (Å²) in [6.07, 6.45) is 6.35. The van der Waals surface area contributed by atoms with Gasteiger partial charge in [-0.15, -0.1) is 0 Å². The van der Waals surface area contributed by atoms with Crippen LogP contribution in [0.4, 0.5) is 0 Å². The van der Waals surface area contributed by atoms with Crippen LogP contribution >= 0.6 is 0 Å².